The maximum Gasteiger partial charge on any atom is 0.211 e. The van der Waals surface area contributed by atoms with Gasteiger partial charge in [-0.05, 0) is 24.5 Å². The van der Waals surface area contributed by atoms with Crippen molar-refractivity contribution < 1.29 is 0 Å². The molecule has 0 amide bonds. The summed E-state index contributed by atoms with van der Waals surface area (Å²) < 4.78 is 0. The number of H-pyrrole nitrogens is 1. The van der Waals surface area contributed by atoms with Crippen LogP contribution in [-0.4, -0.2) is 21.6 Å². The molecular weight excluding hydrogens is 240 g/mol. The van der Waals surface area contributed by atoms with E-state index in [4.69, 9.17) is 11.5 Å². The van der Waals surface area contributed by atoms with Gasteiger partial charge in [0.25, 0.3) is 0 Å². The molecule has 2 heterocycles. The van der Waals surface area contributed by atoms with Crippen LogP contribution in [0.25, 0.3) is 10.9 Å². The Hall–Kier alpha value is -2.37. The maximum absolute atomic E-state index is 5.33. The fourth-order valence-corrected chi connectivity index (χ4v) is 1.84. The second kappa shape index (κ2) is 5.51. The molecule has 19 heavy (non-hydrogen) atoms. The molecule has 0 saturated heterocycles. The first-order valence-corrected chi connectivity index (χ1v) is 6.15. The van der Waals surface area contributed by atoms with Gasteiger partial charge in [0.05, 0.1) is 23.1 Å². The van der Waals surface area contributed by atoms with Crippen molar-refractivity contribution >= 4 is 22.6 Å². The average molecular weight is 258 g/mol. The van der Waals surface area contributed by atoms with Gasteiger partial charge < -0.3 is 16.5 Å². The number of guanidine groups is 1. The van der Waals surface area contributed by atoms with E-state index in [1.807, 2.05) is 12.1 Å². The van der Waals surface area contributed by atoms with E-state index in [1.54, 1.807) is 12.4 Å². The lowest BCUT2D eigenvalue weighted by Gasteiger charge is -2.05. The minimum Gasteiger partial charge on any atom is -0.369 e. The van der Waals surface area contributed by atoms with E-state index in [2.05, 4.69) is 34.0 Å². The van der Waals surface area contributed by atoms with Gasteiger partial charge in [-0.2, -0.15) is 0 Å². The molecule has 100 valence electrons. The molecule has 0 spiro atoms. The Morgan fingerprint density at radius 3 is 2.79 bits per heavy atom. The van der Waals surface area contributed by atoms with Crippen molar-refractivity contribution in [2.45, 2.75) is 20.3 Å². The fraction of sp³-hybridized carbons (Fsp3) is 0.308. The molecule has 0 saturated carbocycles. The molecule has 0 aromatic carbocycles. The first-order chi connectivity index (χ1) is 9.06. The monoisotopic (exact) mass is 258 g/mol. The Balaban J connectivity index is 2.42. The van der Waals surface area contributed by atoms with Crippen molar-refractivity contribution in [3.63, 3.8) is 0 Å². The normalized spacial score (nSPS) is 12.1. The third-order valence-electron chi connectivity index (χ3n) is 2.62. The van der Waals surface area contributed by atoms with Crippen molar-refractivity contribution in [3.05, 3.63) is 30.2 Å². The first-order valence-electron chi connectivity index (χ1n) is 6.15. The Labute approximate surface area is 111 Å². The zero-order valence-corrected chi connectivity index (χ0v) is 11.1. The summed E-state index contributed by atoms with van der Waals surface area (Å²) in [6.45, 7) is 4.24. The lowest BCUT2D eigenvalue weighted by Crippen LogP contribution is -2.22. The summed E-state index contributed by atoms with van der Waals surface area (Å²) in [5, 5.41) is 8.97. The molecular formula is C13H18N6. The summed E-state index contributed by atoms with van der Waals surface area (Å²) in [6, 6.07) is 3.98. The fourth-order valence-electron chi connectivity index (χ4n) is 1.84. The summed E-state index contributed by atoms with van der Waals surface area (Å²) in [7, 11) is 0. The van der Waals surface area contributed by atoms with Crippen LogP contribution in [0.1, 0.15) is 26.0 Å². The van der Waals surface area contributed by atoms with Gasteiger partial charge in [0.1, 0.15) is 0 Å². The zero-order chi connectivity index (χ0) is 13.8. The van der Waals surface area contributed by atoms with E-state index < -0.39 is 0 Å². The van der Waals surface area contributed by atoms with Gasteiger partial charge in [-0.3, -0.25) is 4.98 Å². The van der Waals surface area contributed by atoms with Crippen LogP contribution in [0.5, 0.6) is 0 Å². The highest BCUT2D eigenvalue weighted by molar-refractivity contribution is 6.03. The van der Waals surface area contributed by atoms with Gasteiger partial charge in [0.2, 0.25) is 5.96 Å². The molecule has 0 atom stereocenters. The molecule has 0 aliphatic heterocycles. The van der Waals surface area contributed by atoms with E-state index in [0.29, 0.717) is 5.92 Å². The van der Waals surface area contributed by atoms with E-state index in [0.717, 1.165) is 28.7 Å². The molecule has 2 aromatic heterocycles. The predicted molar refractivity (Wildman–Crippen MR) is 77.9 cm³/mol. The molecule has 5 N–H and O–H groups in total. The Morgan fingerprint density at radius 1 is 1.37 bits per heavy atom. The number of pyridine rings is 1. The number of aromatic nitrogens is 2. The van der Waals surface area contributed by atoms with Crippen LogP contribution in [-0.2, 0) is 0 Å². The number of fused-ring (bicyclic) bond motifs is 1. The van der Waals surface area contributed by atoms with Crippen LogP contribution in [0.4, 0.5) is 0 Å². The standard InChI is InChI=1S/C13H18N6/c1-8(2)5-11(18-19-13(14)15)10-6-9-3-4-16-7-12(9)17-10/h3-4,6-8,17H,5H2,1-2H3,(H4,14,15,19)/b18-11+. The van der Waals surface area contributed by atoms with Crippen LogP contribution in [0.15, 0.2) is 34.7 Å². The summed E-state index contributed by atoms with van der Waals surface area (Å²) in [5.41, 5.74) is 13.4. The summed E-state index contributed by atoms with van der Waals surface area (Å²) in [6.07, 6.45) is 4.33. The van der Waals surface area contributed by atoms with Crippen molar-refractivity contribution in [3.8, 4) is 0 Å². The van der Waals surface area contributed by atoms with Gasteiger partial charge >= 0.3 is 0 Å². The highest BCUT2D eigenvalue weighted by atomic mass is 15.3. The van der Waals surface area contributed by atoms with Crippen molar-refractivity contribution in [2.75, 3.05) is 0 Å². The van der Waals surface area contributed by atoms with Gasteiger partial charge in [-0.15, -0.1) is 10.2 Å². The minimum atomic E-state index is -0.0426. The minimum absolute atomic E-state index is 0.0426. The summed E-state index contributed by atoms with van der Waals surface area (Å²) in [5.74, 6) is 0.413. The molecule has 0 aliphatic rings. The highest BCUT2D eigenvalue weighted by Crippen LogP contribution is 2.17. The molecule has 2 aromatic rings. The molecule has 0 aliphatic carbocycles. The van der Waals surface area contributed by atoms with Gasteiger partial charge in [-0.1, -0.05) is 13.8 Å². The van der Waals surface area contributed by atoms with Gasteiger partial charge in [0.15, 0.2) is 0 Å². The molecule has 6 nitrogen and oxygen atoms in total. The van der Waals surface area contributed by atoms with E-state index in [1.165, 1.54) is 0 Å². The topological polar surface area (TPSA) is 105 Å². The Morgan fingerprint density at radius 2 is 2.16 bits per heavy atom. The first kappa shape index (κ1) is 13.1. The van der Waals surface area contributed by atoms with Gasteiger partial charge in [0, 0.05) is 11.6 Å². The number of nitrogens with two attached hydrogens (primary N) is 2. The van der Waals surface area contributed by atoms with Crippen LogP contribution in [0.3, 0.4) is 0 Å². The number of nitrogens with zero attached hydrogens (tertiary/aromatic N) is 3. The summed E-state index contributed by atoms with van der Waals surface area (Å²) >= 11 is 0. The number of nitrogens with one attached hydrogen (secondary N) is 1. The maximum atomic E-state index is 5.33. The van der Waals surface area contributed by atoms with Crippen LogP contribution >= 0.6 is 0 Å². The second-order valence-corrected chi connectivity index (χ2v) is 4.82. The van der Waals surface area contributed by atoms with Crippen LogP contribution in [0, 0.1) is 5.92 Å². The van der Waals surface area contributed by atoms with Crippen molar-refractivity contribution in [1.29, 1.82) is 0 Å². The largest absolute Gasteiger partial charge is 0.369 e. The second-order valence-electron chi connectivity index (χ2n) is 4.82. The number of aromatic amines is 1. The number of rotatable bonds is 4. The quantitative estimate of drug-likeness (QED) is 0.440. The smallest absolute Gasteiger partial charge is 0.211 e. The zero-order valence-electron chi connectivity index (χ0n) is 11.1. The number of hydrogen-bond donors (Lipinski definition) is 3. The molecule has 2 rings (SSSR count). The molecule has 0 fully saturated rings. The average Bonchev–Trinajstić information content (AvgIpc) is 2.77. The number of hydrogen-bond acceptors (Lipinski definition) is 3. The Bertz CT molecular complexity index is 586. The molecule has 0 radical (unpaired) electrons. The lowest BCUT2D eigenvalue weighted by atomic mass is 10.0. The SMILES string of the molecule is CC(C)C/C(=N\N=C(N)N)c1cc2ccncc2[nH]1. The van der Waals surface area contributed by atoms with Crippen LogP contribution < -0.4 is 11.5 Å². The van der Waals surface area contributed by atoms with Crippen molar-refractivity contribution in [1.82, 2.24) is 9.97 Å². The van der Waals surface area contributed by atoms with Crippen LogP contribution in [0.2, 0.25) is 0 Å². The third-order valence-corrected chi connectivity index (χ3v) is 2.62. The lowest BCUT2D eigenvalue weighted by molar-refractivity contribution is 0.682. The molecule has 6 heteroatoms. The van der Waals surface area contributed by atoms with E-state index >= 15 is 0 Å². The van der Waals surface area contributed by atoms with Crippen molar-refractivity contribution in [2.24, 2.45) is 27.6 Å². The van der Waals surface area contributed by atoms with E-state index in [9.17, 15) is 0 Å². The van der Waals surface area contributed by atoms with Gasteiger partial charge in [-0.25, -0.2) is 0 Å². The highest BCUT2D eigenvalue weighted by Gasteiger charge is 2.10. The third kappa shape index (κ3) is 3.31. The van der Waals surface area contributed by atoms with E-state index in [-0.39, 0.29) is 5.96 Å². The summed E-state index contributed by atoms with van der Waals surface area (Å²) in [4.78, 5) is 7.36. The molecule has 0 bridgehead atoms. The predicted octanol–water partition coefficient (Wildman–Crippen LogP) is 1.59. The Kier molecular flexibility index (Phi) is 3.79. The molecule has 0 unspecified atom stereocenters.